The molecule has 0 aliphatic heterocycles. The molecule has 1 amide bonds. The van der Waals surface area contributed by atoms with E-state index in [2.05, 4.69) is 31.3 Å². The van der Waals surface area contributed by atoms with Crippen molar-refractivity contribution in [1.29, 1.82) is 0 Å². The molecule has 0 spiro atoms. The molecule has 0 radical (unpaired) electrons. The zero-order valence-electron chi connectivity index (χ0n) is 48.9. The maximum Gasteiger partial charge on any atom is 0.305 e. The predicted molar refractivity (Wildman–Crippen MR) is 315 cm³/mol. The molecule has 0 rings (SSSR count). The lowest BCUT2D eigenvalue weighted by atomic mass is 10.0. The van der Waals surface area contributed by atoms with Crippen molar-refractivity contribution in [2.45, 2.75) is 386 Å². The number of allylic oxidation sites excluding steroid dienone is 2. The number of nitrogens with one attached hydrogen (secondary N) is 1. The second-order valence-electron chi connectivity index (χ2n) is 22.8. The largest absolute Gasteiger partial charge is 0.466 e. The van der Waals surface area contributed by atoms with Crippen LogP contribution >= 0.6 is 0 Å². The van der Waals surface area contributed by atoms with Gasteiger partial charge in [-0.15, -0.1) is 0 Å². The first-order valence-electron chi connectivity index (χ1n) is 32.9. The smallest absolute Gasteiger partial charge is 0.305 e. The molecule has 0 saturated heterocycles. The number of esters is 1. The van der Waals surface area contributed by atoms with E-state index in [0.29, 0.717) is 25.9 Å². The van der Waals surface area contributed by atoms with Gasteiger partial charge in [0.15, 0.2) is 0 Å². The number of aliphatic hydroxyl groups is 2. The average molecular weight is 1020 g/mol. The quantitative estimate of drug-likeness (QED) is 0.0320. The molecular formula is C66H129NO5. The summed E-state index contributed by atoms with van der Waals surface area (Å²) in [7, 11) is 0. The number of hydrogen-bond donors (Lipinski definition) is 3. The van der Waals surface area contributed by atoms with E-state index in [1.165, 1.54) is 302 Å². The Hall–Kier alpha value is -1.40. The molecule has 0 aliphatic rings. The monoisotopic (exact) mass is 1020 g/mol. The van der Waals surface area contributed by atoms with Crippen molar-refractivity contribution in [3.8, 4) is 0 Å². The number of aliphatic hydroxyl groups excluding tert-OH is 2. The maximum atomic E-state index is 12.5. The van der Waals surface area contributed by atoms with Crippen molar-refractivity contribution in [3.63, 3.8) is 0 Å². The van der Waals surface area contributed by atoms with E-state index in [-0.39, 0.29) is 18.5 Å². The Labute approximate surface area is 450 Å². The second-order valence-corrected chi connectivity index (χ2v) is 22.8. The highest BCUT2D eigenvalue weighted by Crippen LogP contribution is 2.18. The zero-order chi connectivity index (χ0) is 52.2. The summed E-state index contributed by atoms with van der Waals surface area (Å²) in [5.41, 5.74) is 0. The Kier molecular flexibility index (Phi) is 60.9. The third kappa shape index (κ3) is 57.9. The van der Waals surface area contributed by atoms with Crippen molar-refractivity contribution in [2.75, 3.05) is 13.2 Å². The highest BCUT2D eigenvalue weighted by atomic mass is 16.5. The highest BCUT2D eigenvalue weighted by Gasteiger charge is 2.20. The molecular weight excluding hydrogens is 887 g/mol. The van der Waals surface area contributed by atoms with Crippen LogP contribution in [0.15, 0.2) is 12.2 Å². The summed E-state index contributed by atoms with van der Waals surface area (Å²) in [6, 6.07) is -0.543. The van der Waals surface area contributed by atoms with Crippen molar-refractivity contribution in [1.82, 2.24) is 5.32 Å². The summed E-state index contributed by atoms with van der Waals surface area (Å²) in [5.74, 6) is -0.0181. The van der Waals surface area contributed by atoms with Gasteiger partial charge in [-0.1, -0.05) is 321 Å². The number of hydrogen-bond acceptors (Lipinski definition) is 5. The number of rotatable bonds is 62. The number of carbonyl (C=O) groups is 2. The van der Waals surface area contributed by atoms with E-state index in [0.717, 1.165) is 38.5 Å². The molecule has 0 heterocycles. The first-order chi connectivity index (χ1) is 35.5. The molecule has 0 aromatic carbocycles. The topological polar surface area (TPSA) is 95.9 Å². The fourth-order valence-corrected chi connectivity index (χ4v) is 10.5. The molecule has 72 heavy (non-hydrogen) atoms. The summed E-state index contributed by atoms with van der Waals surface area (Å²) in [6.45, 7) is 4.99. The molecule has 6 heteroatoms. The number of unbranched alkanes of at least 4 members (excludes halogenated alkanes) is 49. The standard InChI is InChI=1S/C66H129NO5/c1-3-5-7-9-11-13-15-17-30-34-38-42-46-50-54-58-64(69)63(62-68)67-65(70)59-55-51-47-43-39-35-32-28-26-24-22-20-19-21-23-25-27-29-33-37-41-45-49-53-57-61-72-66(71)60-56-52-48-44-40-36-31-18-16-14-12-10-8-6-4-2/h20,22,63-64,68-69H,3-19,21,23-62H2,1-2H3,(H,67,70)/b22-20-. The molecule has 428 valence electrons. The van der Waals surface area contributed by atoms with Gasteiger partial charge in [-0.2, -0.15) is 0 Å². The lowest BCUT2D eigenvalue weighted by molar-refractivity contribution is -0.143. The molecule has 2 atom stereocenters. The average Bonchev–Trinajstić information content (AvgIpc) is 3.38. The van der Waals surface area contributed by atoms with E-state index in [9.17, 15) is 19.8 Å². The Morgan fingerprint density at radius 2 is 0.653 bits per heavy atom. The van der Waals surface area contributed by atoms with Crippen LogP contribution in [0.1, 0.15) is 373 Å². The highest BCUT2D eigenvalue weighted by molar-refractivity contribution is 5.76. The van der Waals surface area contributed by atoms with Crippen LogP contribution < -0.4 is 5.32 Å². The molecule has 3 N–H and O–H groups in total. The second kappa shape index (κ2) is 62.1. The molecule has 0 fully saturated rings. The van der Waals surface area contributed by atoms with Crippen molar-refractivity contribution in [2.24, 2.45) is 0 Å². The van der Waals surface area contributed by atoms with Gasteiger partial charge in [-0.25, -0.2) is 0 Å². The summed E-state index contributed by atoms with van der Waals surface area (Å²) in [4.78, 5) is 24.6. The van der Waals surface area contributed by atoms with Gasteiger partial charge in [0, 0.05) is 12.8 Å². The van der Waals surface area contributed by atoms with Gasteiger partial charge in [0.05, 0.1) is 25.4 Å². The molecule has 0 aromatic rings. The fraction of sp³-hybridized carbons (Fsp3) is 0.939. The molecule has 0 saturated carbocycles. The molecule has 6 nitrogen and oxygen atoms in total. The van der Waals surface area contributed by atoms with E-state index in [1.54, 1.807) is 0 Å². The van der Waals surface area contributed by atoms with Gasteiger partial charge < -0.3 is 20.3 Å². The predicted octanol–water partition coefficient (Wildman–Crippen LogP) is 20.8. The van der Waals surface area contributed by atoms with Crippen molar-refractivity contribution >= 4 is 11.9 Å². The van der Waals surface area contributed by atoms with Crippen LogP contribution in [0, 0.1) is 0 Å². The Morgan fingerprint density at radius 3 is 0.986 bits per heavy atom. The van der Waals surface area contributed by atoms with E-state index in [1.807, 2.05) is 0 Å². The summed E-state index contributed by atoms with van der Waals surface area (Å²) >= 11 is 0. The summed E-state index contributed by atoms with van der Waals surface area (Å²) in [5, 5.41) is 23.3. The molecule has 0 aromatic heterocycles. The van der Waals surface area contributed by atoms with Crippen LogP contribution in [-0.2, 0) is 14.3 Å². The minimum absolute atomic E-state index is 0.0172. The lowest BCUT2D eigenvalue weighted by Gasteiger charge is -2.22. The summed E-state index contributed by atoms with van der Waals surface area (Å²) < 4.78 is 5.49. The fourth-order valence-electron chi connectivity index (χ4n) is 10.5. The Balaban J connectivity index is 3.37. The number of amides is 1. The van der Waals surface area contributed by atoms with Crippen LogP contribution in [0.5, 0.6) is 0 Å². The zero-order valence-corrected chi connectivity index (χ0v) is 48.9. The van der Waals surface area contributed by atoms with E-state index in [4.69, 9.17) is 4.74 Å². The number of carbonyl (C=O) groups excluding carboxylic acids is 2. The van der Waals surface area contributed by atoms with Gasteiger partial charge >= 0.3 is 5.97 Å². The van der Waals surface area contributed by atoms with E-state index >= 15 is 0 Å². The van der Waals surface area contributed by atoms with Gasteiger partial charge in [0.25, 0.3) is 0 Å². The van der Waals surface area contributed by atoms with Crippen LogP contribution in [0.25, 0.3) is 0 Å². The first-order valence-corrected chi connectivity index (χ1v) is 32.9. The van der Waals surface area contributed by atoms with Crippen LogP contribution in [0.3, 0.4) is 0 Å². The minimum atomic E-state index is -0.665. The van der Waals surface area contributed by atoms with Crippen LogP contribution in [0.4, 0.5) is 0 Å². The van der Waals surface area contributed by atoms with Crippen molar-refractivity contribution in [3.05, 3.63) is 12.2 Å². The van der Waals surface area contributed by atoms with Gasteiger partial charge in [-0.3, -0.25) is 9.59 Å². The van der Waals surface area contributed by atoms with Gasteiger partial charge in [0.2, 0.25) is 5.91 Å². The van der Waals surface area contributed by atoms with Crippen molar-refractivity contribution < 1.29 is 24.5 Å². The maximum absolute atomic E-state index is 12.5. The minimum Gasteiger partial charge on any atom is -0.466 e. The first kappa shape index (κ1) is 70.6. The van der Waals surface area contributed by atoms with E-state index < -0.39 is 12.1 Å². The molecule has 2 unspecified atom stereocenters. The Bertz CT molecular complexity index is 1080. The van der Waals surface area contributed by atoms with Gasteiger partial charge in [0.1, 0.15) is 0 Å². The van der Waals surface area contributed by atoms with Crippen LogP contribution in [0.2, 0.25) is 0 Å². The normalized spacial score (nSPS) is 12.6. The third-order valence-electron chi connectivity index (χ3n) is 15.6. The SMILES string of the molecule is CCCCCCCCCCCCCCCCCC(=O)OCCCCCCCCCCCCCC/C=C\CCCCCCCCCCCC(=O)NC(CO)C(O)CCCCCCCCCCCCCCCCC. The molecule has 0 aliphatic carbocycles. The van der Waals surface area contributed by atoms with Gasteiger partial charge in [-0.05, 0) is 51.4 Å². The number of ether oxygens (including phenoxy) is 1. The molecule has 0 bridgehead atoms. The Morgan fingerprint density at radius 1 is 0.375 bits per heavy atom. The lowest BCUT2D eigenvalue weighted by Crippen LogP contribution is -2.45. The third-order valence-corrected chi connectivity index (χ3v) is 15.6. The van der Waals surface area contributed by atoms with Crippen LogP contribution in [-0.4, -0.2) is 47.4 Å². The summed E-state index contributed by atoms with van der Waals surface area (Å²) in [6.07, 6.45) is 75.2.